The summed E-state index contributed by atoms with van der Waals surface area (Å²) in [5.74, 6) is 0.775. The van der Waals surface area contributed by atoms with E-state index >= 15 is 0 Å². The van der Waals surface area contributed by atoms with Gasteiger partial charge in [-0.05, 0) is 27.5 Å². The maximum absolute atomic E-state index is 2.38. The van der Waals surface area contributed by atoms with Gasteiger partial charge in [0.2, 0.25) is 0 Å². The first-order valence-electron chi connectivity index (χ1n) is 10.5. The van der Waals surface area contributed by atoms with Crippen molar-refractivity contribution in [2.45, 2.75) is 45.6 Å². The second-order valence-corrected chi connectivity index (χ2v) is 11.6. The molecule has 0 fully saturated rings. The van der Waals surface area contributed by atoms with Crippen LogP contribution in [0.3, 0.4) is 0 Å². The highest BCUT2D eigenvalue weighted by molar-refractivity contribution is 7.11. The summed E-state index contributed by atoms with van der Waals surface area (Å²) in [7, 11) is -2.06. The molecule has 0 N–H and O–H groups in total. The predicted molar refractivity (Wildman–Crippen MR) is 122 cm³/mol. The van der Waals surface area contributed by atoms with Crippen molar-refractivity contribution in [3.8, 4) is 0 Å². The Kier molecular flexibility index (Phi) is 7.06. The highest BCUT2D eigenvalue weighted by Gasteiger charge is 2.40. The van der Waals surface area contributed by atoms with Crippen molar-refractivity contribution >= 4 is 23.6 Å². The van der Waals surface area contributed by atoms with Gasteiger partial charge in [-0.15, -0.1) is 0 Å². The third kappa shape index (κ3) is 4.41. The minimum absolute atomic E-state index is 0.775. The summed E-state index contributed by atoms with van der Waals surface area (Å²) in [6, 6.07) is 35.3. The van der Waals surface area contributed by atoms with Crippen molar-refractivity contribution in [1.29, 1.82) is 0 Å². The lowest BCUT2D eigenvalue weighted by molar-refractivity contribution is 0.488. The Balaban J connectivity index is 2.19. The van der Waals surface area contributed by atoms with Crippen LogP contribution in [0.5, 0.6) is 0 Å². The zero-order valence-corrected chi connectivity index (χ0v) is 17.8. The number of rotatable bonds is 9. The van der Waals surface area contributed by atoms with Crippen LogP contribution in [0.15, 0.2) is 91.0 Å². The van der Waals surface area contributed by atoms with Crippen LogP contribution >= 0.6 is 0 Å². The van der Waals surface area contributed by atoms with Gasteiger partial charge in [0.1, 0.15) is 8.07 Å². The molecule has 140 valence electrons. The molecular formula is C26H32Si. The van der Waals surface area contributed by atoms with Crippen molar-refractivity contribution in [3.05, 3.63) is 91.0 Å². The first-order valence-corrected chi connectivity index (χ1v) is 12.7. The summed E-state index contributed by atoms with van der Waals surface area (Å²) < 4.78 is 0. The Morgan fingerprint density at radius 1 is 0.630 bits per heavy atom. The van der Waals surface area contributed by atoms with Crippen LogP contribution in [0.1, 0.15) is 39.5 Å². The molecule has 1 atom stereocenters. The van der Waals surface area contributed by atoms with E-state index < -0.39 is 8.07 Å². The molecule has 0 aliphatic rings. The Morgan fingerprint density at radius 2 is 1.04 bits per heavy atom. The van der Waals surface area contributed by atoms with Gasteiger partial charge in [-0.3, -0.25) is 0 Å². The summed E-state index contributed by atoms with van der Waals surface area (Å²) in [4.78, 5) is 0. The summed E-state index contributed by atoms with van der Waals surface area (Å²) in [5, 5.41) is 4.62. The van der Waals surface area contributed by atoms with Crippen LogP contribution in [0.25, 0.3) is 0 Å². The fourth-order valence-electron chi connectivity index (χ4n) is 4.40. The molecule has 0 heterocycles. The van der Waals surface area contributed by atoms with Crippen LogP contribution in [-0.4, -0.2) is 8.07 Å². The van der Waals surface area contributed by atoms with Crippen molar-refractivity contribution in [3.63, 3.8) is 0 Å². The molecule has 1 heteroatoms. The van der Waals surface area contributed by atoms with E-state index in [4.69, 9.17) is 0 Å². The molecule has 0 aliphatic heterocycles. The molecule has 0 unspecified atom stereocenters. The van der Waals surface area contributed by atoms with Gasteiger partial charge >= 0.3 is 0 Å². The lowest BCUT2D eigenvalue weighted by Crippen LogP contribution is -2.67. The smallest absolute Gasteiger partial charge is 0.0654 e. The maximum Gasteiger partial charge on any atom is 0.148 e. The van der Waals surface area contributed by atoms with Gasteiger partial charge in [0.25, 0.3) is 0 Å². The van der Waals surface area contributed by atoms with Crippen LogP contribution in [-0.2, 0) is 0 Å². The third-order valence-corrected chi connectivity index (χ3v) is 11.1. The van der Waals surface area contributed by atoms with Gasteiger partial charge < -0.3 is 0 Å². The summed E-state index contributed by atoms with van der Waals surface area (Å²) in [5.41, 5.74) is 0. The van der Waals surface area contributed by atoms with Crippen molar-refractivity contribution in [2.75, 3.05) is 0 Å². The fourth-order valence-corrected chi connectivity index (χ4v) is 9.75. The van der Waals surface area contributed by atoms with Crippen LogP contribution in [0.2, 0.25) is 6.04 Å². The van der Waals surface area contributed by atoms with Crippen molar-refractivity contribution < 1.29 is 0 Å². The molecular weight excluding hydrogens is 340 g/mol. The molecule has 3 aromatic rings. The number of hydrogen-bond donors (Lipinski definition) is 0. The minimum atomic E-state index is -2.06. The monoisotopic (exact) mass is 372 g/mol. The molecule has 0 saturated carbocycles. The van der Waals surface area contributed by atoms with Gasteiger partial charge in [0.15, 0.2) is 0 Å². The second kappa shape index (κ2) is 9.71. The van der Waals surface area contributed by atoms with E-state index in [1.807, 2.05) is 0 Å². The first-order chi connectivity index (χ1) is 13.3. The Bertz CT molecular complexity index is 684. The normalized spacial score (nSPS) is 12.7. The summed E-state index contributed by atoms with van der Waals surface area (Å²) in [6.45, 7) is 4.68. The molecule has 0 radical (unpaired) electrons. The van der Waals surface area contributed by atoms with Crippen molar-refractivity contribution in [2.24, 2.45) is 5.92 Å². The van der Waals surface area contributed by atoms with E-state index in [0.29, 0.717) is 0 Å². The molecule has 27 heavy (non-hydrogen) atoms. The Hall–Kier alpha value is -2.12. The van der Waals surface area contributed by atoms with E-state index in [0.717, 1.165) is 5.92 Å². The molecule has 0 amide bonds. The summed E-state index contributed by atoms with van der Waals surface area (Å²) in [6.07, 6.45) is 5.23. The maximum atomic E-state index is 2.38. The predicted octanol–water partition coefficient (Wildman–Crippen LogP) is 5.37. The van der Waals surface area contributed by atoms with E-state index in [9.17, 15) is 0 Å². The Labute approximate surface area is 166 Å². The fraction of sp³-hybridized carbons (Fsp3) is 0.308. The summed E-state index contributed by atoms with van der Waals surface area (Å²) >= 11 is 0. The SMILES string of the molecule is CCCC[C@H](CC)C[Si](c1ccccc1)(c1ccccc1)c1ccccc1. The van der Waals surface area contributed by atoms with Crippen molar-refractivity contribution in [1.82, 2.24) is 0 Å². The lowest BCUT2D eigenvalue weighted by atomic mass is 10.0. The van der Waals surface area contributed by atoms with Gasteiger partial charge in [-0.1, -0.05) is 131 Å². The number of unbranched alkanes of at least 4 members (excludes halogenated alkanes) is 1. The highest BCUT2D eigenvalue weighted by atomic mass is 28.3. The average molecular weight is 373 g/mol. The first kappa shape index (κ1) is 19.6. The zero-order valence-electron chi connectivity index (χ0n) is 16.8. The van der Waals surface area contributed by atoms with Crippen LogP contribution in [0, 0.1) is 5.92 Å². The lowest BCUT2D eigenvalue weighted by Gasteiger charge is -2.36. The van der Waals surface area contributed by atoms with E-state index in [1.165, 1.54) is 47.3 Å². The topological polar surface area (TPSA) is 0 Å². The Morgan fingerprint density at radius 3 is 1.37 bits per heavy atom. The second-order valence-electron chi connectivity index (χ2n) is 7.62. The molecule has 0 saturated heterocycles. The standard InChI is InChI=1S/C26H32Si/c1-3-5-15-23(4-2)22-27(24-16-9-6-10-17-24,25-18-11-7-12-19-25)26-20-13-8-14-21-26/h6-14,16-21,23H,3-5,15,22H2,1-2H3/t23-/m0/s1. The quantitative estimate of drug-likeness (QED) is 0.350. The largest absolute Gasteiger partial charge is 0.148 e. The van der Waals surface area contributed by atoms with Crippen LogP contribution < -0.4 is 15.6 Å². The molecule has 0 nitrogen and oxygen atoms in total. The van der Waals surface area contributed by atoms with Crippen LogP contribution in [0.4, 0.5) is 0 Å². The molecule has 3 rings (SSSR count). The average Bonchev–Trinajstić information content (AvgIpc) is 2.76. The molecule has 0 spiro atoms. The zero-order chi connectivity index (χ0) is 19.0. The highest BCUT2D eigenvalue weighted by Crippen LogP contribution is 2.25. The van der Waals surface area contributed by atoms with E-state index in [-0.39, 0.29) is 0 Å². The molecule has 0 bridgehead atoms. The van der Waals surface area contributed by atoms with Gasteiger partial charge in [-0.2, -0.15) is 0 Å². The molecule has 3 aromatic carbocycles. The van der Waals surface area contributed by atoms with Gasteiger partial charge in [0.05, 0.1) is 0 Å². The molecule has 0 aromatic heterocycles. The number of benzene rings is 3. The van der Waals surface area contributed by atoms with Gasteiger partial charge in [0, 0.05) is 0 Å². The third-order valence-electron chi connectivity index (χ3n) is 5.94. The van der Waals surface area contributed by atoms with Gasteiger partial charge in [-0.25, -0.2) is 0 Å². The number of hydrogen-bond acceptors (Lipinski definition) is 0. The molecule has 0 aliphatic carbocycles. The van der Waals surface area contributed by atoms with E-state index in [1.54, 1.807) is 0 Å². The minimum Gasteiger partial charge on any atom is -0.0654 e. The van der Waals surface area contributed by atoms with E-state index in [2.05, 4.69) is 105 Å².